The van der Waals surface area contributed by atoms with Gasteiger partial charge in [-0.2, -0.15) is 0 Å². The van der Waals surface area contributed by atoms with Gasteiger partial charge in [-0.15, -0.1) is 0 Å². The predicted octanol–water partition coefficient (Wildman–Crippen LogP) is 5.96. The highest BCUT2D eigenvalue weighted by Gasteiger charge is 2.27. The number of carbonyl (C=O) groups excluding carboxylic acids is 2. The molecule has 0 saturated carbocycles. The molecular weight excluding hydrogens is 482 g/mol. The standard InChI is InChI=1S/C31H39NO6/c1-6-14-37-27-12-10-23(18-29(27)35-8-3)16-25-20-32(22(5)33)21-26(31(25)34)17-24-11-13-28(38-15-7-2)30(19-24)36-9-4/h10-13,16-19H,6-9,14-15,20-21H2,1-5H3/b25-16+,26-17+. The van der Waals surface area contributed by atoms with Gasteiger partial charge in [0.15, 0.2) is 28.8 Å². The third kappa shape index (κ3) is 7.63. The summed E-state index contributed by atoms with van der Waals surface area (Å²) in [7, 11) is 0. The maximum atomic E-state index is 13.6. The van der Waals surface area contributed by atoms with Crippen molar-refractivity contribution in [3.8, 4) is 23.0 Å². The molecule has 1 aliphatic heterocycles. The van der Waals surface area contributed by atoms with Crippen LogP contribution in [0, 0.1) is 0 Å². The number of benzene rings is 2. The smallest absolute Gasteiger partial charge is 0.220 e. The molecule has 0 bridgehead atoms. The van der Waals surface area contributed by atoms with E-state index in [4.69, 9.17) is 18.9 Å². The van der Waals surface area contributed by atoms with E-state index in [1.54, 1.807) is 4.90 Å². The molecular formula is C31H39NO6. The average Bonchev–Trinajstić information content (AvgIpc) is 2.90. The number of ketones is 1. The van der Waals surface area contributed by atoms with Crippen LogP contribution in [-0.4, -0.2) is 56.1 Å². The fourth-order valence-corrected chi connectivity index (χ4v) is 4.09. The molecule has 0 radical (unpaired) electrons. The molecule has 2 aromatic rings. The molecule has 1 fully saturated rings. The lowest BCUT2D eigenvalue weighted by atomic mass is 9.94. The van der Waals surface area contributed by atoms with Gasteiger partial charge in [-0.3, -0.25) is 9.59 Å². The number of amides is 1. The molecule has 0 aromatic heterocycles. The lowest BCUT2D eigenvalue weighted by Crippen LogP contribution is -2.40. The Morgan fingerprint density at radius 2 is 1.18 bits per heavy atom. The Morgan fingerprint density at radius 1 is 0.737 bits per heavy atom. The van der Waals surface area contributed by atoms with E-state index in [-0.39, 0.29) is 24.8 Å². The number of ether oxygens (including phenoxy) is 4. The minimum Gasteiger partial charge on any atom is -0.490 e. The van der Waals surface area contributed by atoms with E-state index in [1.165, 1.54) is 6.92 Å². The van der Waals surface area contributed by atoms with Crippen LogP contribution in [0.15, 0.2) is 47.5 Å². The molecule has 0 unspecified atom stereocenters. The van der Waals surface area contributed by atoms with Crippen molar-refractivity contribution in [1.82, 2.24) is 4.90 Å². The van der Waals surface area contributed by atoms with Gasteiger partial charge in [-0.25, -0.2) is 0 Å². The first-order valence-electron chi connectivity index (χ1n) is 13.4. The number of nitrogens with zero attached hydrogens (tertiary/aromatic N) is 1. The van der Waals surface area contributed by atoms with Gasteiger partial charge in [-0.05, 0) is 74.2 Å². The summed E-state index contributed by atoms with van der Waals surface area (Å²) in [5, 5.41) is 0. The minimum atomic E-state index is -0.0917. The molecule has 2 aromatic carbocycles. The second kappa shape index (κ2) is 14.3. The van der Waals surface area contributed by atoms with E-state index in [2.05, 4.69) is 0 Å². The first kappa shape index (κ1) is 28.8. The highest BCUT2D eigenvalue weighted by molar-refractivity contribution is 6.15. The number of hydrogen-bond donors (Lipinski definition) is 0. The van der Waals surface area contributed by atoms with Gasteiger partial charge in [-0.1, -0.05) is 26.0 Å². The van der Waals surface area contributed by atoms with Crippen molar-refractivity contribution in [2.75, 3.05) is 39.5 Å². The van der Waals surface area contributed by atoms with Crippen LogP contribution in [-0.2, 0) is 9.59 Å². The molecule has 7 heteroatoms. The van der Waals surface area contributed by atoms with Crippen molar-refractivity contribution < 1.29 is 28.5 Å². The van der Waals surface area contributed by atoms with Crippen molar-refractivity contribution in [3.05, 3.63) is 58.7 Å². The fourth-order valence-electron chi connectivity index (χ4n) is 4.09. The molecule has 0 spiro atoms. The lowest BCUT2D eigenvalue weighted by molar-refractivity contribution is -0.129. The Labute approximate surface area is 226 Å². The Hall–Kier alpha value is -3.74. The molecule has 1 saturated heterocycles. The van der Waals surface area contributed by atoms with E-state index < -0.39 is 0 Å². The number of hydrogen-bond acceptors (Lipinski definition) is 6. The van der Waals surface area contributed by atoms with Gasteiger partial charge >= 0.3 is 0 Å². The molecule has 0 aliphatic carbocycles. The van der Waals surface area contributed by atoms with Crippen LogP contribution >= 0.6 is 0 Å². The van der Waals surface area contributed by atoms with E-state index in [0.29, 0.717) is 60.6 Å². The molecule has 38 heavy (non-hydrogen) atoms. The van der Waals surface area contributed by atoms with Crippen molar-refractivity contribution in [2.45, 2.75) is 47.5 Å². The van der Waals surface area contributed by atoms with E-state index in [9.17, 15) is 9.59 Å². The number of Topliss-reactive ketones (excluding diaryl/α,β-unsaturated/α-hetero) is 1. The summed E-state index contributed by atoms with van der Waals surface area (Å²) in [5.41, 5.74) is 2.69. The minimum absolute atomic E-state index is 0.0870. The Bertz CT molecular complexity index is 1100. The molecule has 204 valence electrons. The van der Waals surface area contributed by atoms with Gasteiger partial charge in [0.05, 0.1) is 26.4 Å². The zero-order valence-electron chi connectivity index (χ0n) is 23.2. The monoisotopic (exact) mass is 521 g/mol. The maximum Gasteiger partial charge on any atom is 0.220 e. The van der Waals surface area contributed by atoms with E-state index in [1.807, 2.05) is 76.2 Å². The number of carbonyl (C=O) groups is 2. The quantitative estimate of drug-likeness (QED) is 0.321. The van der Waals surface area contributed by atoms with Gasteiger partial charge in [0, 0.05) is 31.2 Å². The zero-order valence-corrected chi connectivity index (χ0v) is 23.2. The maximum absolute atomic E-state index is 13.6. The highest BCUT2D eigenvalue weighted by Crippen LogP contribution is 2.32. The molecule has 1 heterocycles. The van der Waals surface area contributed by atoms with Crippen molar-refractivity contribution in [1.29, 1.82) is 0 Å². The van der Waals surface area contributed by atoms with Crippen LogP contribution in [0.2, 0.25) is 0 Å². The number of piperidine rings is 1. The number of likely N-dealkylation sites (tertiary alicyclic amines) is 1. The Balaban J connectivity index is 1.96. The first-order valence-corrected chi connectivity index (χ1v) is 13.4. The van der Waals surface area contributed by atoms with Gasteiger partial charge in [0.1, 0.15) is 0 Å². The molecule has 1 amide bonds. The summed E-state index contributed by atoms with van der Waals surface area (Å²) in [6.45, 7) is 12.1. The van der Waals surface area contributed by atoms with Crippen LogP contribution < -0.4 is 18.9 Å². The van der Waals surface area contributed by atoms with Crippen molar-refractivity contribution >= 4 is 23.8 Å². The molecule has 1 aliphatic rings. The SMILES string of the molecule is CCCOc1ccc(/C=C2\CN(C(C)=O)C/C(=C\c3ccc(OCCC)c(OCC)c3)C2=O)cc1OCC. The Morgan fingerprint density at radius 3 is 1.55 bits per heavy atom. The van der Waals surface area contributed by atoms with E-state index >= 15 is 0 Å². The molecule has 0 atom stereocenters. The zero-order chi connectivity index (χ0) is 27.5. The molecule has 3 rings (SSSR count). The van der Waals surface area contributed by atoms with Crippen molar-refractivity contribution in [3.63, 3.8) is 0 Å². The van der Waals surface area contributed by atoms with Crippen LogP contribution in [0.5, 0.6) is 23.0 Å². The molecule has 7 nitrogen and oxygen atoms in total. The van der Waals surface area contributed by atoms with E-state index in [0.717, 1.165) is 24.0 Å². The largest absolute Gasteiger partial charge is 0.490 e. The topological polar surface area (TPSA) is 74.3 Å². The summed E-state index contributed by atoms with van der Waals surface area (Å²) in [6.07, 6.45) is 5.43. The van der Waals surface area contributed by atoms with Gasteiger partial charge < -0.3 is 23.8 Å². The second-order valence-corrected chi connectivity index (χ2v) is 9.02. The van der Waals surface area contributed by atoms with Gasteiger partial charge in [0.25, 0.3) is 0 Å². The van der Waals surface area contributed by atoms with Crippen molar-refractivity contribution in [2.24, 2.45) is 0 Å². The predicted molar refractivity (Wildman–Crippen MR) is 150 cm³/mol. The summed E-state index contributed by atoms with van der Waals surface area (Å²) in [5.74, 6) is 2.43. The first-order chi connectivity index (χ1) is 18.4. The van der Waals surface area contributed by atoms with Crippen LogP contribution in [0.25, 0.3) is 12.2 Å². The average molecular weight is 522 g/mol. The van der Waals surface area contributed by atoms with Crippen LogP contribution in [0.4, 0.5) is 0 Å². The normalized spacial score (nSPS) is 15.6. The molecule has 0 N–H and O–H groups in total. The summed E-state index contributed by atoms with van der Waals surface area (Å²) >= 11 is 0. The lowest BCUT2D eigenvalue weighted by Gasteiger charge is -2.29. The van der Waals surface area contributed by atoms with Crippen LogP contribution in [0.3, 0.4) is 0 Å². The summed E-state index contributed by atoms with van der Waals surface area (Å²) in [4.78, 5) is 27.6. The number of rotatable bonds is 12. The Kier molecular flexibility index (Phi) is 10.8. The van der Waals surface area contributed by atoms with Gasteiger partial charge in [0.2, 0.25) is 5.91 Å². The highest BCUT2D eigenvalue weighted by atomic mass is 16.5. The third-order valence-electron chi connectivity index (χ3n) is 5.89. The summed E-state index contributed by atoms with van der Waals surface area (Å²) < 4.78 is 23.2. The third-order valence-corrected chi connectivity index (χ3v) is 5.89. The summed E-state index contributed by atoms with van der Waals surface area (Å²) in [6, 6.07) is 11.2. The van der Waals surface area contributed by atoms with Crippen LogP contribution in [0.1, 0.15) is 58.6 Å². The second-order valence-electron chi connectivity index (χ2n) is 9.02. The fraction of sp³-hybridized carbons (Fsp3) is 0.419.